The average molecular weight is 395 g/mol. The van der Waals surface area contributed by atoms with E-state index in [2.05, 4.69) is 15.6 Å². The summed E-state index contributed by atoms with van der Waals surface area (Å²) < 4.78 is 33.3. The molecule has 3 rings (SSSR count). The molecule has 1 amide bonds. The fourth-order valence-electron chi connectivity index (χ4n) is 3.24. The lowest BCUT2D eigenvalue weighted by molar-refractivity contribution is 0.0919. The summed E-state index contributed by atoms with van der Waals surface area (Å²) in [6, 6.07) is 1.54. The van der Waals surface area contributed by atoms with Gasteiger partial charge < -0.3 is 9.84 Å². The molecule has 0 aromatic carbocycles. The number of rotatable bonds is 6. The predicted molar refractivity (Wildman–Crippen MR) is 99.6 cm³/mol. The van der Waals surface area contributed by atoms with Crippen molar-refractivity contribution >= 4 is 15.9 Å². The molecule has 2 aromatic heterocycles. The molecule has 10 heteroatoms. The Balaban J connectivity index is 1.58. The number of nitrogens with one attached hydrogen (secondary N) is 1. The number of carbonyl (C=O) groups excluding carboxylic acids is 1. The van der Waals surface area contributed by atoms with E-state index in [1.807, 2.05) is 20.9 Å². The average Bonchev–Trinajstić information content (AvgIpc) is 3.23. The van der Waals surface area contributed by atoms with Gasteiger partial charge in [-0.25, -0.2) is 8.42 Å². The molecule has 0 spiro atoms. The third kappa shape index (κ3) is 4.22. The number of aromatic nitrogens is 3. The van der Waals surface area contributed by atoms with Crippen molar-refractivity contribution in [1.29, 1.82) is 0 Å². The highest BCUT2D eigenvalue weighted by Crippen LogP contribution is 2.22. The first-order chi connectivity index (χ1) is 12.8. The van der Waals surface area contributed by atoms with Crippen LogP contribution in [0, 0.1) is 6.92 Å². The zero-order chi connectivity index (χ0) is 19.6. The van der Waals surface area contributed by atoms with Crippen LogP contribution in [0.1, 0.15) is 42.4 Å². The maximum Gasteiger partial charge on any atom is 0.289 e. The maximum atomic E-state index is 12.5. The van der Waals surface area contributed by atoms with Crippen LogP contribution in [0.3, 0.4) is 0 Å². The van der Waals surface area contributed by atoms with E-state index in [0.29, 0.717) is 12.2 Å². The second-order valence-corrected chi connectivity index (χ2v) is 8.91. The van der Waals surface area contributed by atoms with Gasteiger partial charge in [-0.3, -0.25) is 9.48 Å². The number of aryl methyl sites for hydroxylation is 1. The Labute approximate surface area is 158 Å². The topological polar surface area (TPSA) is 110 Å². The molecule has 3 heterocycles. The van der Waals surface area contributed by atoms with E-state index < -0.39 is 15.9 Å². The summed E-state index contributed by atoms with van der Waals surface area (Å²) in [5, 5.41) is 10.6. The van der Waals surface area contributed by atoms with Crippen molar-refractivity contribution in [1.82, 2.24) is 24.6 Å². The Morgan fingerprint density at radius 3 is 2.85 bits per heavy atom. The Bertz CT molecular complexity index is 918. The fourth-order valence-corrected chi connectivity index (χ4v) is 4.90. The zero-order valence-electron chi connectivity index (χ0n) is 15.8. The smallest absolute Gasteiger partial charge is 0.289 e. The molecular weight excluding hydrogens is 370 g/mol. The summed E-state index contributed by atoms with van der Waals surface area (Å²) in [6.07, 6.45) is 4.46. The zero-order valence-corrected chi connectivity index (χ0v) is 16.6. The van der Waals surface area contributed by atoms with E-state index >= 15 is 0 Å². The Morgan fingerprint density at radius 1 is 1.41 bits per heavy atom. The Hall–Kier alpha value is -2.20. The van der Waals surface area contributed by atoms with Crippen LogP contribution in [-0.2, 0) is 17.1 Å². The second-order valence-electron chi connectivity index (χ2n) is 6.87. The summed E-state index contributed by atoms with van der Waals surface area (Å²) in [7, 11) is -1.57. The van der Waals surface area contributed by atoms with Crippen LogP contribution in [0.5, 0.6) is 0 Å². The number of nitrogens with zero attached hydrogens (tertiary/aromatic N) is 4. The van der Waals surface area contributed by atoms with Gasteiger partial charge >= 0.3 is 0 Å². The Morgan fingerprint density at radius 2 is 2.19 bits per heavy atom. The summed E-state index contributed by atoms with van der Waals surface area (Å²) in [6.45, 7) is 4.38. The van der Waals surface area contributed by atoms with Gasteiger partial charge in [-0.2, -0.15) is 9.40 Å². The molecule has 1 aliphatic rings. The molecule has 1 N–H and O–H groups in total. The molecule has 1 atom stereocenters. The number of piperidine rings is 1. The molecule has 27 heavy (non-hydrogen) atoms. The van der Waals surface area contributed by atoms with Crippen LogP contribution < -0.4 is 5.32 Å². The first-order valence-electron chi connectivity index (χ1n) is 9.03. The number of hydrogen-bond donors (Lipinski definition) is 1. The van der Waals surface area contributed by atoms with Crippen molar-refractivity contribution in [2.45, 2.75) is 39.2 Å². The van der Waals surface area contributed by atoms with E-state index in [-0.39, 0.29) is 24.1 Å². The van der Waals surface area contributed by atoms with Crippen molar-refractivity contribution in [2.75, 3.05) is 18.8 Å². The van der Waals surface area contributed by atoms with Gasteiger partial charge in [0.1, 0.15) is 5.69 Å². The number of carbonyl (C=O) groups is 1. The minimum absolute atomic E-state index is 0.0130. The van der Waals surface area contributed by atoms with Crippen molar-refractivity contribution in [2.24, 2.45) is 7.05 Å². The lowest BCUT2D eigenvalue weighted by Crippen LogP contribution is -2.45. The number of sulfonamides is 1. The second kappa shape index (κ2) is 7.81. The first-order valence-corrected chi connectivity index (χ1v) is 10.6. The third-order valence-corrected chi connectivity index (χ3v) is 6.97. The standard InChI is InChI=1S/C17H25N5O4S/c1-12-6-4-5-8-22(12)27(24,25)9-7-18-17(23)16-10-15(20-26-16)14-11-19-21(3)13(14)2/h10-12H,4-9H2,1-3H3,(H,18,23)/t12-/m0/s1. The molecular formula is C17H25N5O4S. The van der Waals surface area contributed by atoms with Crippen molar-refractivity contribution in [3.8, 4) is 11.3 Å². The summed E-state index contributed by atoms with van der Waals surface area (Å²) in [5.74, 6) is -0.583. The van der Waals surface area contributed by atoms with Crippen molar-refractivity contribution < 1.29 is 17.7 Å². The maximum absolute atomic E-state index is 12.5. The van der Waals surface area contributed by atoms with Crippen molar-refractivity contribution in [3.63, 3.8) is 0 Å². The summed E-state index contributed by atoms with van der Waals surface area (Å²) in [5.41, 5.74) is 2.19. The van der Waals surface area contributed by atoms with Gasteiger partial charge in [0.2, 0.25) is 15.8 Å². The highest BCUT2D eigenvalue weighted by atomic mass is 32.2. The molecule has 9 nitrogen and oxygen atoms in total. The van der Waals surface area contributed by atoms with Gasteiger partial charge in [0.15, 0.2) is 0 Å². The fraction of sp³-hybridized carbons (Fsp3) is 0.588. The minimum Gasteiger partial charge on any atom is -0.350 e. The van der Waals surface area contributed by atoms with E-state index in [4.69, 9.17) is 4.52 Å². The largest absolute Gasteiger partial charge is 0.350 e. The van der Waals surface area contributed by atoms with Crippen molar-refractivity contribution in [3.05, 3.63) is 23.7 Å². The number of amides is 1. The highest BCUT2D eigenvalue weighted by Gasteiger charge is 2.29. The van der Waals surface area contributed by atoms with Crippen LogP contribution in [0.25, 0.3) is 11.3 Å². The molecule has 0 unspecified atom stereocenters. The molecule has 0 radical (unpaired) electrons. The molecule has 1 fully saturated rings. The molecule has 0 bridgehead atoms. The monoisotopic (exact) mass is 395 g/mol. The van der Waals surface area contributed by atoms with Crippen LogP contribution >= 0.6 is 0 Å². The van der Waals surface area contributed by atoms with E-state index in [1.54, 1.807) is 15.2 Å². The first kappa shape index (κ1) is 19.6. The van der Waals surface area contributed by atoms with Gasteiger partial charge in [0.25, 0.3) is 5.91 Å². The van der Waals surface area contributed by atoms with Gasteiger partial charge in [0, 0.05) is 43.5 Å². The lowest BCUT2D eigenvalue weighted by Gasteiger charge is -2.32. The molecule has 2 aromatic rings. The molecule has 148 valence electrons. The lowest BCUT2D eigenvalue weighted by atomic mass is 10.1. The van der Waals surface area contributed by atoms with Crippen LogP contribution in [0.2, 0.25) is 0 Å². The minimum atomic E-state index is -3.39. The third-order valence-electron chi connectivity index (χ3n) is 4.99. The number of hydrogen-bond acceptors (Lipinski definition) is 6. The molecule has 1 saturated heterocycles. The molecule has 0 aliphatic carbocycles. The van der Waals surface area contributed by atoms with Gasteiger partial charge in [-0.1, -0.05) is 11.6 Å². The molecule has 0 saturated carbocycles. The van der Waals surface area contributed by atoms with Gasteiger partial charge in [0.05, 0.1) is 11.9 Å². The van der Waals surface area contributed by atoms with Gasteiger partial charge in [-0.15, -0.1) is 0 Å². The summed E-state index contributed by atoms with van der Waals surface area (Å²) in [4.78, 5) is 12.2. The van der Waals surface area contributed by atoms with Crippen LogP contribution in [0.15, 0.2) is 16.8 Å². The normalized spacial score (nSPS) is 18.6. The quantitative estimate of drug-likeness (QED) is 0.790. The van der Waals surface area contributed by atoms with E-state index in [1.165, 1.54) is 6.07 Å². The van der Waals surface area contributed by atoms with Crippen LogP contribution in [0.4, 0.5) is 0 Å². The Kier molecular flexibility index (Phi) is 5.66. The van der Waals surface area contributed by atoms with E-state index in [9.17, 15) is 13.2 Å². The van der Waals surface area contributed by atoms with Crippen LogP contribution in [-0.4, -0.2) is 58.5 Å². The SMILES string of the molecule is Cc1c(-c2cc(C(=O)NCCS(=O)(=O)N3CCCC[C@@H]3C)on2)cnn1C. The summed E-state index contributed by atoms with van der Waals surface area (Å²) >= 11 is 0. The van der Waals surface area contributed by atoms with E-state index in [0.717, 1.165) is 30.5 Å². The predicted octanol–water partition coefficient (Wildman–Crippen LogP) is 1.32. The molecule has 1 aliphatic heterocycles. The highest BCUT2D eigenvalue weighted by molar-refractivity contribution is 7.89. The van der Waals surface area contributed by atoms with Gasteiger partial charge in [-0.05, 0) is 26.7 Å².